The second-order valence-corrected chi connectivity index (χ2v) is 5.42. The first-order valence-corrected chi connectivity index (χ1v) is 7.47. The summed E-state index contributed by atoms with van der Waals surface area (Å²) in [4.78, 5) is 11.8. The minimum atomic E-state index is -0.328. The fourth-order valence-electron chi connectivity index (χ4n) is 1.84. The summed E-state index contributed by atoms with van der Waals surface area (Å²) in [6.07, 6.45) is 0. The Morgan fingerprint density at radius 3 is 2.77 bits per heavy atom. The fraction of sp³-hybridized carbons (Fsp3) is 0.188. The maximum atomic E-state index is 13.4. The smallest absolute Gasteiger partial charge is 0.239 e. The van der Waals surface area contributed by atoms with Crippen molar-refractivity contribution in [2.75, 3.05) is 19.0 Å². The molecule has 22 heavy (non-hydrogen) atoms. The van der Waals surface area contributed by atoms with Crippen LogP contribution >= 0.6 is 15.9 Å². The van der Waals surface area contributed by atoms with Gasteiger partial charge in [0.1, 0.15) is 11.6 Å². The van der Waals surface area contributed by atoms with E-state index in [2.05, 4.69) is 26.6 Å². The summed E-state index contributed by atoms with van der Waals surface area (Å²) in [5.74, 6) is 0.140. The van der Waals surface area contributed by atoms with E-state index >= 15 is 0 Å². The first kappa shape index (κ1) is 16.3. The van der Waals surface area contributed by atoms with Gasteiger partial charge in [-0.05, 0) is 34.1 Å². The van der Waals surface area contributed by atoms with Crippen molar-refractivity contribution in [3.63, 3.8) is 0 Å². The van der Waals surface area contributed by atoms with Crippen LogP contribution in [0.1, 0.15) is 5.56 Å². The number of carbonyl (C=O) groups is 1. The number of anilines is 1. The predicted molar refractivity (Wildman–Crippen MR) is 87.4 cm³/mol. The molecular formula is C16H16BrFN2O2. The summed E-state index contributed by atoms with van der Waals surface area (Å²) < 4.78 is 19.4. The van der Waals surface area contributed by atoms with Gasteiger partial charge in [0.05, 0.1) is 19.3 Å². The second kappa shape index (κ2) is 7.79. The molecule has 0 atom stereocenters. The SMILES string of the molecule is COc1ccc(Br)c(NCC(=O)NCc2ccccc2F)c1. The molecule has 0 aromatic heterocycles. The quantitative estimate of drug-likeness (QED) is 0.824. The zero-order valence-electron chi connectivity index (χ0n) is 12.0. The molecule has 2 rings (SSSR count). The van der Waals surface area contributed by atoms with Crippen LogP contribution in [0, 0.1) is 5.82 Å². The van der Waals surface area contributed by atoms with Crippen LogP contribution in [-0.2, 0) is 11.3 Å². The Morgan fingerprint density at radius 1 is 1.27 bits per heavy atom. The van der Waals surface area contributed by atoms with Gasteiger partial charge in [-0.2, -0.15) is 0 Å². The monoisotopic (exact) mass is 366 g/mol. The van der Waals surface area contributed by atoms with Crippen LogP contribution in [0.25, 0.3) is 0 Å². The third-order valence-corrected chi connectivity index (χ3v) is 3.74. The minimum Gasteiger partial charge on any atom is -0.497 e. The number of ether oxygens (including phenoxy) is 1. The van der Waals surface area contributed by atoms with Crippen LogP contribution in [0.15, 0.2) is 46.9 Å². The summed E-state index contributed by atoms with van der Waals surface area (Å²) in [5.41, 5.74) is 1.21. The molecule has 2 aromatic rings. The van der Waals surface area contributed by atoms with Crippen molar-refractivity contribution < 1.29 is 13.9 Å². The highest BCUT2D eigenvalue weighted by atomic mass is 79.9. The van der Waals surface area contributed by atoms with Crippen molar-refractivity contribution in [1.29, 1.82) is 0 Å². The normalized spacial score (nSPS) is 10.1. The first-order chi connectivity index (χ1) is 10.6. The molecule has 2 N–H and O–H groups in total. The van der Waals surface area contributed by atoms with Crippen molar-refractivity contribution in [2.24, 2.45) is 0 Å². The van der Waals surface area contributed by atoms with Gasteiger partial charge >= 0.3 is 0 Å². The molecule has 0 radical (unpaired) electrons. The van der Waals surface area contributed by atoms with Gasteiger partial charge in [-0.1, -0.05) is 18.2 Å². The van der Waals surface area contributed by atoms with E-state index in [9.17, 15) is 9.18 Å². The topological polar surface area (TPSA) is 50.4 Å². The van der Waals surface area contributed by atoms with Gasteiger partial charge in [0.25, 0.3) is 0 Å². The van der Waals surface area contributed by atoms with Crippen LogP contribution < -0.4 is 15.4 Å². The number of methoxy groups -OCH3 is 1. The number of benzene rings is 2. The predicted octanol–water partition coefficient (Wildman–Crippen LogP) is 3.33. The molecule has 0 fully saturated rings. The highest BCUT2D eigenvalue weighted by Gasteiger charge is 2.06. The zero-order valence-corrected chi connectivity index (χ0v) is 13.6. The molecule has 0 aliphatic heterocycles. The van der Waals surface area contributed by atoms with Crippen LogP contribution in [-0.4, -0.2) is 19.6 Å². The lowest BCUT2D eigenvalue weighted by atomic mass is 10.2. The Hall–Kier alpha value is -2.08. The van der Waals surface area contributed by atoms with Gasteiger partial charge < -0.3 is 15.4 Å². The zero-order chi connectivity index (χ0) is 15.9. The van der Waals surface area contributed by atoms with E-state index in [-0.39, 0.29) is 24.8 Å². The number of nitrogens with one attached hydrogen (secondary N) is 2. The highest BCUT2D eigenvalue weighted by Crippen LogP contribution is 2.26. The Balaban J connectivity index is 1.87. The van der Waals surface area contributed by atoms with E-state index in [0.29, 0.717) is 11.3 Å². The summed E-state index contributed by atoms with van der Waals surface area (Å²) in [5, 5.41) is 5.68. The first-order valence-electron chi connectivity index (χ1n) is 6.67. The second-order valence-electron chi connectivity index (χ2n) is 4.57. The molecule has 0 saturated heterocycles. The molecule has 0 unspecified atom stereocenters. The van der Waals surface area contributed by atoms with Crippen LogP contribution in [0.2, 0.25) is 0 Å². The molecule has 1 amide bonds. The fourth-order valence-corrected chi connectivity index (χ4v) is 2.23. The highest BCUT2D eigenvalue weighted by molar-refractivity contribution is 9.10. The van der Waals surface area contributed by atoms with Crippen molar-refractivity contribution in [2.45, 2.75) is 6.54 Å². The van der Waals surface area contributed by atoms with Crippen molar-refractivity contribution in [3.05, 3.63) is 58.3 Å². The lowest BCUT2D eigenvalue weighted by Crippen LogP contribution is -2.29. The van der Waals surface area contributed by atoms with Gasteiger partial charge in [-0.15, -0.1) is 0 Å². The molecule has 0 aliphatic carbocycles. The van der Waals surface area contributed by atoms with E-state index in [1.807, 2.05) is 12.1 Å². The number of carbonyl (C=O) groups excluding carboxylic acids is 1. The molecule has 116 valence electrons. The molecule has 0 spiro atoms. The van der Waals surface area contributed by atoms with E-state index in [0.717, 1.165) is 10.2 Å². The summed E-state index contributed by atoms with van der Waals surface area (Å²) >= 11 is 3.40. The maximum Gasteiger partial charge on any atom is 0.239 e. The Bertz CT molecular complexity index is 664. The number of halogens is 2. The van der Waals surface area contributed by atoms with Gasteiger partial charge in [0, 0.05) is 22.6 Å². The third-order valence-electron chi connectivity index (χ3n) is 3.05. The molecule has 2 aromatic carbocycles. The molecule has 4 nitrogen and oxygen atoms in total. The molecule has 6 heteroatoms. The van der Waals surface area contributed by atoms with Gasteiger partial charge in [0.2, 0.25) is 5.91 Å². The molecule has 0 bridgehead atoms. The standard InChI is InChI=1S/C16H16BrFN2O2/c1-22-12-6-7-13(17)15(8-12)19-10-16(21)20-9-11-4-2-3-5-14(11)18/h2-8,19H,9-10H2,1H3,(H,20,21). The number of amides is 1. The summed E-state index contributed by atoms with van der Waals surface area (Å²) in [6.45, 7) is 0.243. The molecular weight excluding hydrogens is 351 g/mol. The summed E-state index contributed by atoms with van der Waals surface area (Å²) in [7, 11) is 1.58. The molecule has 0 heterocycles. The van der Waals surface area contributed by atoms with Crippen molar-refractivity contribution in [3.8, 4) is 5.75 Å². The Labute approximate surface area is 136 Å². The van der Waals surface area contributed by atoms with E-state index in [4.69, 9.17) is 4.74 Å². The van der Waals surface area contributed by atoms with E-state index in [1.165, 1.54) is 6.07 Å². The van der Waals surface area contributed by atoms with Crippen LogP contribution in [0.3, 0.4) is 0 Å². The molecule has 0 aliphatic rings. The number of hydrogen-bond acceptors (Lipinski definition) is 3. The van der Waals surface area contributed by atoms with Gasteiger partial charge in [0.15, 0.2) is 0 Å². The van der Waals surface area contributed by atoms with E-state index < -0.39 is 0 Å². The van der Waals surface area contributed by atoms with Crippen LogP contribution in [0.4, 0.5) is 10.1 Å². The maximum absolute atomic E-state index is 13.4. The Morgan fingerprint density at radius 2 is 2.05 bits per heavy atom. The van der Waals surface area contributed by atoms with Gasteiger partial charge in [-0.25, -0.2) is 4.39 Å². The Kier molecular flexibility index (Phi) is 5.77. The summed E-state index contributed by atoms with van der Waals surface area (Å²) in [6, 6.07) is 11.8. The average Bonchev–Trinajstić information content (AvgIpc) is 2.53. The lowest BCUT2D eigenvalue weighted by molar-refractivity contribution is -0.119. The lowest BCUT2D eigenvalue weighted by Gasteiger charge is -2.11. The average molecular weight is 367 g/mol. The minimum absolute atomic E-state index is 0.0836. The van der Waals surface area contributed by atoms with E-state index in [1.54, 1.807) is 31.4 Å². The molecule has 0 saturated carbocycles. The van der Waals surface area contributed by atoms with Crippen LogP contribution in [0.5, 0.6) is 5.75 Å². The third kappa shape index (κ3) is 4.46. The van der Waals surface area contributed by atoms with Crippen molar-refractivity contribution >= 4 is 27.5 Å². The largest absolute Gasteiger partial charge is 0.497 e. The van der Waals surface area contributed by atoms with Gasteiger partial charge in [-0.3, -0.25) is 4.79 Å². The van der Waals surface area contributed by atoms with Crippen molar-refractivity contribution in [1.82, 2.24) is 5.32 Å². The number of hydrogen-bond donors (Lipinski definition) is 2. The number of rotatable bonds is 6.